The predicted molar refractivity (Wildman–Crippen MR) is 174 cm³/mol. The van der Waals surface area contributed by atoms with E-state index in [4.69, 9.17) is 28.8 Å². The highest BCUT2D eigenvalue weighted by molar-refractivity contribution is 6.14. The molecule has 0 saturated heterocycles. The summed E-state index contributed by atoms with van der Waals surface area (Å²) in [4.78, 5) is 19.8. The maximum atomic E-state index is 6.36. The van der Waals surface area contributed by atoms with Gasteiger partial charge in [0, 0.05) is 39.1 Å². The van der Waals surface area contributed by atoms with Crippen LogP contribution in [0.4, 0.5) is 0 Å². The normalized spacial score (nSPS) is 11.6. The molecule has 0 unspecified atom stereocenters. The van der Waals surface area contributed by atoms with E-state index >= 15 is 0 Å². The van der Waals surface area contributed by atoms with Crippen molar-refractivity contribution in [1.29, 1.82) is 0 Å². The van der Waals surface area contributed by atoms with Gasteiger partial charge >= 0.3 is 0 Å². The SMILES string of the molecule is c1ccc(-c2nc(-c3ccc4ccccc4c3)nc(-c3cccc4oc5cc6oc(-c7ccccc7)nc6cc5c34)n2)cc1. The molecule has 0 aliphatic rings. The summed E-state index contributed by atoms with van der Waals surface area (Å²) in [5, 5.41) is 4.13. The fourth-order valence-corrected chi connectivity index (χ4v) is 5.81. The van der Waals surface area contributed by atoms with Crippen molar-refractivity contribution in [2.24, 2.45) is 0 Å². The number of rotatable bonds is 4. The van der Waals surface area contributed by atoms with Crippen LogP contribution in [0.2, 0.25) is 0 Å². The monoisotopic (exact) mass is 566 g/mol. The van der Waals surface area contributed by atoms with Gasteiger partial charge in [-0.25, -0.2) is 19.9 Å². The Bertz CT molecular complexity index is 2500. The molecule has 206 valence electrons. The zero-order valence-corrected chi connectivity index (χ0v) is 23.3. The molecule has 44 heavy (non-hydrogen) atoms. The quantitative estimate of drug-likeness (QED) is 0.211. The van der Waals surface area contributed by atoms with E-state index in [0.717, 1.165) is 54.9 Å². The van der Waals surface area contributed by atoms with E-state index in [2.05, 4.69) is 30.3 Å². The largest absolute Gasteiger partial charge is 0.456 e. The minimum atomic E-state index is 0.570. The Kier molecular flexibility index (Phi) is 5.40. The van der Waals surface area contributed by atoms with Crippen molar-refractivity contribution in [3.63, 3.8) is 0 Å². The molecule has 6 aromatic carbocycles. The molecule has 0 N–H and O–H groups in total. The van der Waals surface area contributed by atoms with Crippen molar-refractivity contribution < 1.29 is 8.83 Å². The van der Waals surface area contributed by atoms with Gasteiger partial charge in [0.25, 0.3) is 0 Å². The van der Waals surface area contributed by atoms with Crippen LogP contribution in [-0.4, -0.2) is 19.9 Å². The predicted octanol–water partition coefficient (Wildman–Crippen LogP) is 9.73. The average Bonchev–Trinajstić information content (AvgIpc) is 3.68. The maximum Gasteiger partial charge on any atom is 0.227 e. The molecule has 0 bridgehead atoms. The first-order valence-corrected chi connectivity index (χ1v) is 14.4. The first kappa shape index (κ1) is 24.5. The van der Waals surface area contributed by atoms with Crippen LogP contribution < -0.4 is 0 Å². The van der Waals surface area contributed by atoms with Crippen molar-refractivity contribution in [3.05, 3.63) is 133 Å². The molecule has 0 amide bonds. The molecular formula is C38H22N4O2. The summed E-state index contributed by atoms with van der Waals surface area (Å²) in [5.74, 6) is 2.36. The van der Waals surface area contributed by atoms with E-state index in [1.807, 2.05) is 103 Å². The molecule has 0 spiro atoms. The van der Waals surface area contributed by atoms with Crippen molar-refractivity contribution in [1.82, 2.24) is 19.9 Å². The molecular weight excluding hydrogens is 544 g/mol. The molecule has 6 heteroatoms. The molecule has 0 atom stereocenters. The Morgan fingerprint density at radius 2 is 1.11 bits per heavy atom. The second-order valence-corrected chi connectivity index (χ2v) is 10.7. The van der Waals surface area contributed by atoms with Crippen LogP contribution in [-0.2, 0) is 0 Å². The highest BCUT2D eigenvalue weighted by atomic mass is 16.4. The third kappa shape index (κ3) is 4.04. The molecule has 3 heterocycles. The molecule has 0 aliphatic carbocycles. The van der Waals surface area contributed by atoms with E-state index in [0.29, 0.717) is 34.5 Å². The van der Waals surface area contributed by atoms with Gasteiger partial charge in [-0.2, -0.15) is 0 Å². The fourth-order valence-electron chi connectivity index (χ4n) is 5.81. The summed E-state index contributed by atoms with van der Waals surface area (Å²) in [5.41, 5.74) is 6.49. The zero-order valence-electron chi connectivity index (χ0n) is 23.3. The minimum absolute atomic E-state index is 0.570. The lowest BCUT2D eigenvalue weighted by Gasteiger charge is -2.10. The van der Waals surface area contributed by atoms with E-state index in [1.165, 1.54) is 0 Å². The second-order valence-electron chi connectivity index (χ2n) is 10.7. The van der Waals surface area contributed by atoms with E-state index in [9.17, 15) is 0 Å². The number of furan rings is 1. The van der Waals surface area contributed by atoms with Crippen LogP contribution in [0.1, 0.15) is 0 Å². The van der Waals surface area contributed by atoms with E-state index in [1.54, 1.807) is 0 Å². The third-order valence-corrected chi connectivity index (χ3v) is 7.94. The van der Waals surface area contributed by atoms with Crippen molar-refractivity contribution in [3.8, 4) is 45.6 Å². The first-order chi connectivity index (χ1) is 21.8. The number of hydrogen-bond donors (Lipinski definition) is 0. The van der Waals surface area contributed by atoms with Crippen LogP contribution in [0.25, 0.3) is 89.4 Å². The number of benzene rings is 6. The molecule has 0 aliphatic heterocycles. The number of hydrogen-bond acceptors (Lipinski definition) is 6. The molecule has 0 radical (unpaired) electrons. The van der Waals surface area contributed by atoms with Gasteiger partial charge in [-0.05, 0) is 41.1 Å². The van der Waals surface area contributed by atoms with E-state index in [-0.39, 0.29) is 0 Å². The first-order valence-electron chi connectivity index (χ1n) is 14.4. The second kappa shape index (κ2) is 9.71. The number of nitrogens with zero attached hydrogens (tertiary/aromatic N) is 4. The van der Waals surface area contributed by atoms with Crippen molar-refractivity contribution in [2.45, 2.75) is 0 Å². The van der Waals surface area contributed by atoms with Crippen LogP contribution in [0.15, 0.2) is 142 Å². The van der Waals surface area contributed by atoms with Gasteiger partial charge in [0.05, 0.1) is 0 Å². The lowest BCUT2D eigenvalue weighted by Crippen LogP contribution is -2.00. The Balaban J connectivity index is 1.27. The fraction of sp³-hybridized carbons (Fsp3) is 0. The van der Waals surface area contributed by atoms with Gasteiger partial charge < -0.3 is 8.83 Å². The van der Waals surface area contributed by atoms with Crippen LogP contribution in [0.3, 0.4) is 0 Å². The lowest BCUT2D eigenvalue weighted by atomic mass is 10.0. The Morgan fingerprint density at radius 3 is 1.93 bits per heavy atom. The van der Waals surface area contributed by atoms with Crippen LogP contribution in [0, 0.1) is 0 Å². The molecule has 9 aromatic rings. The smallest absolute Gasteiger partial charge is 0.227 e. The van der Waals surface area contributed by atoms with Gasteiger partial charge in [0.2, 0.25) is 5.89 Å². The zero-order chi connectivity index (χ0) is 29.0. The van der Waals surface area contributed by atoms with Crippen LogP contribution in [0.5, 0.6) is 0 Å². The summed E-state index contributed by atoms with van der Waals surface area (Å²) < 4.78 is 12.5. The van der Waals surface area contributed by atoms with Gasteiger partial charge in [-0.1, -0.05) is 97.1 Å². The summed E-state index contributed by atoms with van der Waals surface area (Å²) in [6.07, 6.45) is 0. The van der Waals surface area contributed by atoms with Gasteiger partial charge in [0.15, 0.2) is 23.1 Å². The summed E-state index contributed by atoms with van der Waals surface area (Å²) in [7, 11) is 0. The molecule has 0 fully saturated rings. The summed E-state index contributed by atoms with van der Waals surface area (Å²) in [6, 6.07) is 44.4. The Labute approximate surface area is 251 Å². The van der Waals surface area contributed by atoms with Gasteiger partial charge in [-0.15, -0.1) is 0 Å². The lowest BCUT2D eigenvalue weighted by molar-refractivity contribution is 0.617. The van der Waals surface area contributed by atoms with Crippen LogP contribution >= 0.6 is 0 Å². The van der Waals surface area contributed by atoms with Gasteiger partial charge in [-0.3, -0.25) is 0 Å². The molecule has 3 aromatic heterocycles. The van der Waals surface area contributed by atoms with Crippen molar-refractivity contribution >= 4 is 43.8 Å². The number of fused-ring (bicyclic) bond motifs is 5. The van der Waals surface area contributed by atoms with Gasteiger partial charge in [0.1, 0.15) is 16.7 Å². The third-order valence-electron chi connectivity index (χ3n) is 7.94. The maximum absolute atomic E-state index is 6.36. The van der Waals surface area contributed by atoms with E-state index < -0.39 is 0 Å². The molecule has 6 nitrogen and oxygen atoms in total. The highest BCUT2D eigenvalue weighted by Crippen LogP contribution is 2.39. The highest BCUT2D eigenvalue weighted by Gasteiger charge is 2.20. The molecule has 0 saturated carbocycles. The Morgan fingerprint density at radius 1 is 0.409 bits per heavy atom. The molecule has 9 rings (SSSR count). The average molecular weight is 567 g/mol. The standard InChI is InChI=1S/C38H22N4O2/c1-3-11-24(12-4-1)35-40-36(27-19-18-23-10-7-8-15-26(23)20-27)42-37(41-35)28-16-9-17-31-34(28)29-21-30-33(22-32(29)43-31)44-38(39-30)25-13-5-2-6-14-25/h1-22H. The topological polar surface area (TPSA) is 77.8 Å². The number of aromatic nitrogens is 4. The summed E-state index contributed by atoms with van der Waals surface area (Å²) >= 11 is 0. The Hall–Kier alpha value is -6.14. The summed E-state index contributed by atoms with van der Waals surface area (Å²) in [6.45, 7) is 0. The van der Waals surface area contributed by atoms with Crippen molar-refractivity contribution in [2.75, 3.05) is 0 Å². The number of oxazole rings is 1. The minimum Gasteiger partial charge on any atom is -0.456 e.